The summed E-state index contributed by atoms with van der Waals surface area (Å²) >= 11 is 24.7. The second-order valence-electron chi connectivity index (χ2n) is 37.3. The van der Waals surface area contributed by atoms with E-state index >= 15 is 0 Å². The molecule has 0 spiro atoms. The highest BCUT2D eigenvalue weighted by atomic mass is 35.5. The highest BCUT2D eigenvalue weighted by Crippen LogP contribution is 2.41. The average Bonchev–Trinajstić information content (AvgIpc) is 1.68. The highest BCUT2D eigenvalue weighted by molar-refractivity contribution is 7.14. The fourth-order valence-electron chi connectivity index (χ4n) is 19.4. The first kappa shape index (κ1) is 106. The number of likely N-dealkylation sites (tertiary alicyclic amines) is 5. The van der Waals surface area contributed by atoms with E-state index in [4.69, 9.17) is 40.5 Å². The molecular formula is C102H130Cl3F7N18O5S4. The molecule has 8 amide bonds. The summed E-state index contributed by atoms with van der Waals surface area (Å²) in [6.07, 6.45) is 28.4. The summed E-state index contributed by atoms with van der Waals surface area (Å²) in [7, 11) is 5.97. The lowest BCUT2D eigenvalue weighted by Gasteiger charge is -2.35. The molecule has 0 radical (unpaired) electrons. The summed E-state index contributed by atoms with van der Waals surface area (Å²) < 4.78 is 93.9. The predicted molar refractivity (Wildman–Crippen MR) is 551 cm³/mol. The zero-order chi connectivity index (χ0) is 98.1. The van der Waals surface area contributed by atoms with Crippen LogP contribution in [0, 0.1) is 23.3 Å². The minimum Gasteiger partial charge on any atom is -0.392 e. The minimum absolute atomic E-state index is 0.00179. The van der Waals surface area contributed by atoms with E-state index in [0.29, 0.717) is 68.8 Å². The molecule has 37 heteroatoms. The number of carbonyl (C=O) groups is 4. The van der Waals surface area contributed by atoms with Crippen LogP contribution in [0.25, 0.3) is 22.3 Å². The normalized spacial score (nSPS) is 20.0. The smallest absolute Gasteiger partial charge is 0.392 e. The number of anilines is 4. The van der Waals surface area contributed by atoms with Gasteiger partial charge in [-0.1, -0.05) is 59.1 Å². The molecule has 5 atom stereocenters. The summed E-state index contributed by atoms with van der Waals surface area (Å²) in [4.78, 5) is 91.2. The van der Waals surface area contributed by atoms with E-state index < -0.39 is 41.0 Å². The van der Waals surface area contributed by atoms with Crippen molar-refractivity contribution in [3.63, 3.8) is 0 Å². The van der Waals surface area contributed by atoms with Crippen LogP contribution in [0.5, 0.6) is 0 Å². The van der Waals surface area contributed by atoms with Gasteiger partial charge in [-0.15, -0.1) is 45.3 Å². The fourth-order valence-corrected chi connectivity index (χ4v) is 24.2. The quantitative estimate of drug-likeness (QED) is 0.0200. The van der Waals surface area contributed by atoms with Crippen molar-refractivity contribution in [1.82, 2.24) is 64.3 Å². The van der Waals surface area contributed by atoms with Gasteiger partial charge in [-0.3, -0.25) is 4.90 Å². The molecule has 17 rings (SSSR count). The number of alkyl halides is 3. The first-order valence-corrected chi connectivity index (χ1v) is 53.2. The topological polar surface area (TPSA) is 233 Å². The maximum atomic E-state index is 13.7. The molecule has 9 aliphatic rings. The maximum absolute atomic E-state index is 13.7. The van der Waals surface area contributed by atoms with E-state index in [1.807, 2.05) is 70.9 Å². The van der Waals surface area contributed by atoms with Gasteiger partial charge in [0.1, 0.15) is 33.3 Å². The van der Waals surface area contributed by atoms with E-state index in [9.17, 15) is 55.0 Å². The van der Waals surface area contributed by atoms with Gasteiger partial charge in [-0.05, 0) is 328 Å². The zero-order valence-corrected chi connectivity index (χ0v) is 85.0. The van der Waals surface area contributed by atoms with Crippen LogP contribution in [0.3, 0.4) is 0 Å². The van der Waals surface area contributed by atoms with Crippen molar-refractivity contribution in [1.29, 1.82) is 0 Å². The third-order valence-electron chi connectivity index (χ3n) is 27.1. The van der Waals surface area contributed by atoms with Crippen LogP contribution in [-0.2, 0) is 32.4 Å². The van der Waals surface area contributed by atoms with Crippen LogP contribution >= 0.6 is 80.1 Å². The first-order chi connectivity index (χ1) is 67.1. The third-order valence-corrected chi connectivity index (χ3v) is 32.4. The number of nitrogens with two attached hydrogens (primary N) is 1. The number of urea groups is 4. The highest BCUT2D eigenvalue weighted by Gasteiger charge is 2.37. The third kappa shape index (κ3) is 31.3. The summed E-state index contributed by atoms with van der Waals surface area (Å²) in [6, 6.07) is 23.6. The molecule has 5 aliphatic heterocycles. The first-order valence-electron chi connectivity index (χ1n) is 48.8. The van der Waals surface area contributed by atoms with Gasteiger partial charge in [0.05, 0.1) is 36.5 Å². The monoisotopic (exact) mass is 2050 g/mol. The Morgan fingerprint density at radius 1 is 0.439 bits per heavy atom. The number of nitrogens with zero attached hydrogens (tertiary/aromatic N) is 12. The van der Waals surface area contributed by atoms with Crippen molar-refractivity contribution in [2.75, 3.05) is 160 Å². The van der Waals surface area contributed by atoms with Gasteiger partial charge in [0.2, 0.25) is 0 Å². The molecule has 9 heterocycles. The number of carbonyl (C=O) groups excluding carboxylic acids is 4. The van der Waals surface area contributed by atoms with Crippen LogP contribution in [-0.4, -0.2) is 257 Å². The number of thiazole rings is 2. The summed E-state index contributed by atoms with van der Waals surface area (Å²) in [5, 5.41) is 26.4. The SMILES string of the molecule is CN(C)Cc1ncc(C2=CCC(N(CCN3CCCC3)C(=O)Nc3ccc(F)c(C(F)(F)F)c3)CC2)s1.CNCc1ccc(C2=CCC(N(CCN3CCCC3)C(=O)Nc3ccc(F)c(Cl)c3)CC2)s1.NCc1ncc(C2=CCC(N(CCN3CCCC3)C(=O)Nc3ccc(F)c(Cl)c3)CC2)s1.O=C(Nc1ccc(F)c(Cl)c1)N(CCN1CCCC1)C1CC=C(c2ccc(CN3CC[C@H](O)C3)s2)CC1. The number of hydrogen-bond acceptors (Lipinski definition) is 19. The molecule has 752 valence electrons. The average molecular weight is 2060 g/mol. The number of nitrogens with one attached hydrogen (secondary N) is 5. The number of aromatic nitrogens is 2. The molecule has 8 aromatic rings. The van der Waals surface area contributed by atoms with Crippen LogP contribution in [0.1, 0.15) is 180 Å². The Hall–Kier alpha value is -8.40. The Morgan fingerprint density at radius 3 is 1.09 bits per heavy atom. The van der Waals surface area contributed by atoms with Gasteiger partial charge in [-0.25, -0.2) is 46.7 Å². The van der Waals surface area contributed by atoms with E-state index in [2.05, 4.69) is 115 Å². The Balaban J connectivity index is 0.000000148. The minimum atomic E-state index is -4.84. The van der Waals surface area contributed by atoms with Crippen LogP contribution in [0.15, 0.2) is 134 Å². The number of thiophene rings is 2. The van der Waals surface area contributed by atoms with Gasteiger partial charge in [0, 0.05) is 170 Å². The summed E-state index contributed by atoms with van der Waals surface area (Å²) in [5.41, 5.74) is 11.0. The number of rotatable bonds is 31. The zero-order valence-electron chi connectivity index (χ0n) is 79.4. The van der Waals surface area contributed by atoms with Gasteiger partial charge < -0.3 is 81.5 Å². The van der Waals surface area contributed by atoms with Crippen LogP contribution < -0.4 is 32.3 Å². The number of benzene rings is 4. The Labute approximate surface area is 843 Å². The van der Waals surface area contributed by atoms with E-state index in [1.165, 1.54) is 123 Å². The number of allylic oxidation sites excluding steroid dienone is 4. The lowest BCUT2D eigenvalue weighted by molar-refractivity contribution is -0.139. The van der Waals surface area contributed by atoms with Gasteiger partial charge in [-0.2, -0.15) is 13.2 Å². The van der Waals surface area contributed by atoms with Crippen molar-refractivity contribution in [2.45, 2.75) is 197 Å². The number of halogens is 10. The van der Waals surface area contributed by atoms with Crippen molar-refractivity contribution in [3.8, 4) is 0 Å². The Morgan fingerprint density at radius 2 is 0.777 bits per heavy atom. The van der Waals surface area contributed by atoms with Crippen LogP contribution in [0.4, 0.5) is 72.7 Å². The van der Waals surface area contributed by atoms with Gasteiger partial charge in [0.15, 0.2) is 0 Å². The number of aliphatic hydroxyl groups excluding tert-OH is 1. The molecule has 4 unspecified atom stereocenters. The second kappa shape index (κ2) is 52.2. The summed E-state index contributed by atoms with van der Waals surface area (Å²) in [6.45, 7) is 19.1. The molecule has 0 saturated carbocycles. The molecule has 4 aromatic heterocycles. The molecule has 5 saturated heterocycles. The molecule has 4 aromatic carbocycles. The molecule has 8 N–H and O–H groups in total. The molecule has 23 nitrogen and oxygen atoms in total. The standard InChI is InChI=1S/C28H36ClFN4O2S.C26H33F4N5OS.C25H32ClFN4OS.C23H29ClFN5OS/c29-25-17-21(5-9-26(25)30)31-28(36)34(16-15-32-12-1-2-13-32)22-6-3-20(4-7-22)27-10-8-24(37-27)19-33-14-11-23(35)18-33;1-33(2)17-24-31-16-23(37-24)18-5-8-20(9-6-18)35(14-13-34-11-3-4-12-34)25(36)32-19-7-10-22(27)21(15-19)26(28,29)30;1-28-17-21-9-11-24(33-21)18-4-7-20(8-5-18)31(15-14-30-12-2-3-13-30)25(32)29-19-6-10-23(27)22(26)16-19;24-19-13-17(5-8-20(19)25)28-23(31)30(12-11-29-9-1-2-10-29)18-6-3-16(4-7-18)21-15-27-22(14-26)32-21/h3,5,8-10,17,22-23,35H,1-2,4,6-7,11-16,18-19H2,(H,31,36);5,7,10,15-16,20H,3-4,6,8-9,11-14,17H2,1-2H3,(H,32,36);4,6,9-11,16,20,28H,2-3,5,7-8,12-15,17H2,1H3,(H,29,32);3,5,8,13,15,18H,1-2,4,6-7,9-12,14,26H2,(H,28,31)/t22?,23-;;;/m0.../s1. The number of hydrogen-bond donors (Lipinski definition) is 7. The molecule has 4 aliphatic carbocycles. The molecule has 0 bridgehead atoms. The van der Waals surface area contributed by atoms with Crippen molar-refractivity contribution < 1.29 is 55.0 Å². The number of aliphatic hydroxyl groups is 1. The molecule has 139 heavy (non-hydrogen) atoms. The van der Waals surface area contributed by atoms with E-state index in [0.717, 1.165) is 227 Å². The van der Waals surface area contributed by atoms with Gasteiger partial charge in [0.25, 0.3) is 0 Å². The molecular weight excluding hydrogens is 1920 g/mol. The lowest BCUT2D eigenvalue weighted by atomic mass is 9.93. The van der Waals surface area contributed by atoms with Gasteiger partial charge >= 0.3 is 30.3 Å². The van der Waals surface area contributed by atoms with E-state index in [1.54, 1.807) is 39.7 Å². The van der Waals surface area contributed by atoms with Crippen molar-refractivity contribution >= 4 is 149 Å². The Kier molecular flexibility index (Phi) is 40.0. The molecule has 5 fully saturated rings. The van der Waals surface area contributed by atoms with Crippen molar-refractivity contribution in [2.24, 2.45) is 5.73 Å². The lowest BCUT2D eigenvalue weighted by Crippen LogP contribution is -2.47. The predicted octanol–water partition coefficient (Wildman–Crippen LogP) is 22.4. The second-order valence-corrected chi connectivity index (χ2v) is 43.1. The van der Waals surface area contributed by atoms with Crippen LogP contribution in [0.2, 0.25) is 15.1 Å². The Bertz CT molecular complexity index is 5520. The fraction of sp³-hybridized carbons (Fsp3) is 0.510. The van der Waals surface area contributed by atoms with Crippen molar-refractivity contribution in [3.05, 3.63) is 217 Å². The largest absolute Gasteiger partial charge is 0.419 e. The number of amides is 8. The maximum Gasteiger partial charge on any atom is 0.419 e. The number of β-amino-alcohol motifs (C(OH)–C–C–N with tert-alkyl or cyclic N) is 1. The summed E-state index contributed by atoms with van der Waals surface area (Å²) in [5.74, 6) is -2.85. The van der Waals surface area contributed by atoms with E-state index in [-0.39, 0.29) is 69.1 Å².